The average molecular weight is 219 g/mol. The van der Waals surface area contributed by atoms with Crippen LogP contribution in [0.3, 0.4) is 0 Å². The number of aliphatic carboxylic acids is 1. The molecule has 1 aliphatic heterocycles. The Kier molecular flexibility index (Phi) is 3.19. The van der Waals surface area contributed by atoms with Crippen molar-refractivity contribution < 1.29 is 14.7 Å². The molecule has 1 unspecified atom stereocenters. The molecular formula is C12H13NO3. The van der Waals surface area contributed by atoms with Gasteiger partial charge in [0.25, 0.3) is 0 Å². The molecule has 16 heavy (non-hydrogen) atoms. The summed E-state index contributed by atoms with van der Waals surface area (Å²) in [6.07, 6.45) is 1.23. The number of benzene rings is 1. The Balaban J connectivity index is 1.89. The number of oxime groups is 1. The van der Waals surface area contributed by atoms with Crippen molar-refractivity contribution in [1.82, 2.24) is 0 Å². The van der Waals surface area contributed by atoms with Gasteiger partial charge in [-0.1, -0.05) is 35.5 Å². The van der Waals surface area contributed by atoms with E-state index in [9.17, 15) is 4.79 Å². The number of hydrogen-bond donors (Lipinski definition) is 1. The Bertz CT molecular complexity index is 400. The van der Waals surface area contributed by atoms with Gasteiger partial charge in [-0.2, -0.15) is 0 Å². The van der Waals surface area contributed by atoms with E-state index in [1.165, 1.54) is 0 Å². The maximum atomic E-state index is 10.4. The zero-order valence-corrected chi connectivity index (χ0v) is 8.80. The van der Waals surface area contributed by atoms with Crippen LogP contribution in [0.25, 0.3) is 0 Å². The molecule has 1 aromatic carbocycles. The third-order valence-corrected chi connectivity index (χ3v) is 2.53. The topological polar surface area (TPSA) is 58.9 Å². The first-order valence-corrected chi connectivity index (χ1v) is 5.24. The molecule has 1 N–H and O–H groups in total. The van der Waals surface area contributed by atoms with Crippen LogP contribution in [0.5, 0.6) is 0 Å². The second kappa shape index (κ2) is 4.79. The van der Waals surface area contributed by atoms with Crippen LogP contribution in [0.4, 0.5) is 0 Å². The van der Waals surface area contributed by atoms with Crippen molar-refractivity contribution in [2.75, 3.05) is 0 Å². The Morgan fingerprint density at radius 3 is 2.88 bits per heavy atom. The summed E-state index contributed by atoms with van der Waals surface area (Å²) < 4.78 is 0. The molecule has 4 nitrogen and oxygen atoms in total. The lowest BCUT2D eigenvalue weighted by Crippen LogP contribution is -2.03. The van der Waals surface area contributed by atoms with Crippen molar-refractivity contribution in [1.29, 1.82) is 0 Å². The summed E-state index contributed by atoms with van der Waals surface area (Å²) in [6, 6.07) is 9.83. The molecule has 0 saturated heterocycles. The van der Waals surface area contributed by atoms with Gasteiger partial charge < -0.3 is 9.94 Å². The second-order valence-corrected chi connectivity index (χ2v) is 3.76. The summed E-state index contributed by atoms with van der Waals surface area (Å²) in [4.78, 5) is 15.7. The van der Waals surface area contributed by atoms with Gasteiger partial charge in [-0.05, 0) is 12.0 Å². The van der Waals surface area contributed by atoms with Crippen LogP contribution >= 0.6 is 0 Å². The third kappa shape index (κ3) is 2.59. The number of hydrogen-bond acceptors (Lipinski definition) is 3. The Hall–Kier alpha value is -1.84. The monoisotopic (exact) mass is 219 g/mol. The molecule has 2 rings (SSSR count). The van der Waals surface area contributed by atoms with Gasteiger partial charge in [-0.25, -0.2) is 0 Å². The summed E-state index contributed by atoms with van der Waals surface area (Å²) in [7, 11) is 0. The van der Waals surface area contributed by atoms with Crippen LogP contribution in [0.1, 0.15) is 30.9 Å². The Morgan fingerprint density at radius 1 is 1.44 bits per heavy atom. The molecule has 1 heterocycles. The molecule has 0 aromatic heterocycles. The van der Waals surface area contributed by atoms with Crippen molar-refractivity contribution in [3.05, 3.63) is 35.9 Å². The predicted molar refractivity (Wildman–Crippen MR) is 59.2 cm³/mol. The SMILES string of the molecule is O=C(O)CCC1=NOC(c2ccccc2)C1. The van der Waals surface area contributed by atoms with Crippen LogP contribution in [0.15, 0.2) is 35.5 Å². The molecule has 0 saturated carbocycles. The largest absolute Gasteiger partial charge is 0.481 e. The van der Waals surface area contributed by atoms with Gasteiger partial charge in [0.1, 0.15) is 0 Å². The molecule has 0 fully saturated rings. The molecule has 0 radical (unpaired) electrons. The van der Waals surface area contributed by atoms with E-state index in [0.717, 1.165) is 11.3 Å². The lowest BCUT2D eigenvalue weighted by Gasteiger charge is -2.07. The summed E-state index contributed by atoms with van der Waals surface area (Å²) in [6.45, 7) is 0. The molecule has 0 bridgehead atoms. The first-order chi connectivity index (χ1) is 7.75. The first kappa shape index (κ1) is 10.7. The molecular weight excluding hydrogens is 206 g/mol. The quantitative estimate of drug-likeness (QED) is 0.845. The fraction of sp³-hybridized carbons (Fsp3) is 0.333. The number of carboxylic acids is 1. The summed E-state index contributed by atoms with van der Waals surface area (Å²) in [5, 5.41) is 12.5. The maximum absolute atomic E-state index is 10.4. The van der Waals surface area contributed by atoms with E-state index < -0.39 is 5.97 Å². The Morgan fingerprint density at radius 2 is 2.19 bits per heavy atom. The molecule has 1 atom stereocenters. The van der Waals surface area contributed by atoms with Crippen molar-refractivity contribution in [2.24, 2.45) is 5.16 Å². The molecule has 0 aliphatic carbocycles. The number of rotatable bonds is 4. The number of carbonyl (C=O) groups is 1. The van der Waals surface area contributed by atoms with E-state index >= 15 is 0 Å². The zero-order chi connectivity index (χ0) is 11.4. The van der Waals surface area contributed by atoms with Crippen molar-refractivity contribution in [2.45, 2.75) is 25.4 Å². The van der Waals surface area contributed by atoms with Gasteiger partial charge in [0.15, 0.2) is 6.10 Å². The van der Waals surface area contributed by atoms with Gasteiger partial charge in [0.05, 0.1) is 12.1 Å². The van der Waals surface area contributed by atoms with Crippen LogP contribution < -0.4 is 0 Å². The number of nitrogens with zero attached hydrogens (tertiary/aromatic N) is 1. The minimum Gasteiger partial charge on any atom is -0.481 e. The van der Waals surface area contributed by atoms with E-state index in [2.05, 4.69) is 5.16 Å². The average Bonchev–Trinajstić information content (AvgIpc) is 2.76. The van der Waals surface area contributed by atoms with Gasteiger partial charge in [-0.15, -0.1) is 0 Å². The lowest BCUT2D eigenvalue weighted by atomic mass is 10.0. The minimum absolute atomic E-state index is 0.0509. The number of carboxylic acid groups (broad SMARTS) is 1. The molecule has 1 aliphatic rings. The molecule has 0 spiro atoms. The fourth-order valence-corrected chi connectivity index (χ4v) is 1.67. The van der Waals surface area contributed by atoms with Gasteiger partial charge in [0, 0.05) is 6.42 Å². The van der Waals surface area contributed by atoms with E-state index in [1.54, 1.807) is 0 Å². The predicted octanol–water partition coefficient (Wildman–Crippen LogP) is 2.37. The lowest BCUT2D eigenvalue weighted by molar-refractivity contribution is -0.136. The van der Waals surface area contributed by atoms with E-state index in [1.807, 2.05) is 30.3 Å². The van der Waals surface area contributed by atoms with E-state index in [-0.39, 0.29) is 12.5 Å². The summed E-state index contributed by atoms with van der Waals surface area (Å²) in [5.41, 5.74) is 1.91. The van der Waals surface area contributed by atoms with Gasteiger partial charge >= 0.3 is 5.97 Å². The van der Waals surface area contributed by atoms with E-state index in [4.69, 9.17) is 9.94 Å². The molecule has 1 aromatic rings. The summed E-state index contributed by atoms with van der Waals surface area (Å²) in [5.74, 6) is -0.800. The maximum Gasteiger partial charge on any atom is 0.303 e. The Labute approximate surface area is 93.5 Å². The normalized spacial score (nSPS) is 19.0. The molecule has 0 amide bonds. The van der Waals surface area contributed by atoms with E-state index in [0.29, 0.717) is 12.8 Å². The minimum atomic E-state index is -0.800. The smallest absolute Gasteiger partial charge is 0.303 e. The van der Waals surface area contributed by atoms with Crippen LogP contribution in [0.2, 0.25) is 0 Å². The zero-order valence-electron chi connectivity index (χ0n) is 8.80. The first-order valence-electron chi connectivity index (χ1n) is 5.24. The second-order valence-electron chi connectivity index (χ2n) is 3.76. The van der Waals surface area contributed by atoms with Crippen molar-refractivity contribution in [3.8, 4) is 0 Å². The van der Waals surface area contributed by atoms with Crippen molar-refractivity contribution in [3.63, 3.8) is 0 Å². The van der Waals surface area contributed by atoms with Crippen molar-refractivity contribution >= 4 is 11.7 Å². The van der Waals surface area contributed by atoms with Crippen LogP contribution in [0, 0.1) is 0 Å². The highest BCUT2D eigenvalue weighted by molar-refractivity contribution is 5.88. The molecule has 84 valence electrons. The fourth-order valence-electron chi connectivity index (χ4n) is 1.67. The third-order valence-electron chi connectivity index (χ3n) is 2.53. The van der Waals surface area contributed by atoms with Gasteiger partial charge in [-0.3, -0.25) is 4.79 Å². The highest BCUT2D eigenvalue weighted by Gasteiger charge is 2.22. The highest BCUT2D eigenvalue weighted by Crippen LogP contribution is 2.28. The standard InChI is InChI=1S/C12H13NO3/c14-12(15)7-6-10-8-11(16-13-10)9-4-2-1-3-5-9/h1-5,11H,6-8H2,(H,14,15). The summed E-state index contributed by atoms with van der Waals surface area (Å²) >= 11 is 0. The van der Waals surface area contributed by atoms with Crippen LogP contribution in [-0.2, 0) is 9.63 Å². The van der Waals surface area contributed by atoms with Crippen LogP contribution in [-0.4, -0.2) is 16.8 Å². The highest BCUT2D eigenvalue weighted by atomic mass is 16.6. The van der Waals surface area contributed by atoms with Gasteiger partial charge in [0.2, 0.25) is 0 Å². The molecule has 4 heteroatoms.